The first-order valence-electron chi connectivity index (χ1n) is 3.88. The lowest BCUT2D eigenvalue weighted by Crippen LogP contribution is -2.47. The number of ether oxygens (including phenoxy) is 1. The van der Waals surface area contributed by atoms with Crippen molar-refractivity contribution in [3.8, 4) is 0 Å². The zero-order chi connectivity index (χ0) is 13.4. The maximum Gasteiger partial charge on any atom is 0.397 e. The lowest BCUT2D eigenvalue weighted by atomic mass is 10.2. The number of hydrogen-bond acceptors (Lipinski definition) is 1. The van der Waals surface area contributed by atoms with Crippen LogP contribution in [0, 0.1) is 0 Å². The summed E-state index contributed by atoms with van der Waals surface area (Å²) in [6, 6.07) is 0. The van der Waals surface area contributed by atoms with Crippen LogP contribution in [-0.4, -0.2) is 24.1 Å². The molecule has 0 aromatic rings. The van der Waals surface area contributed by atoms with Gasteiger partial charge in [0.15, 0.2) is 0 Å². The minimum Gasteiger partial charge on any atom is -0.277 e. The van der Waals surface area contributed by atoms with Gasteiger partial charge in [-0.15, -0.1) is 0 Å². The van der Waals surface area contributed by atoms with Crippen molar-refractivity contribution in [3.63, 3.8) is 0 Å². The third-order valence-corrected chi connectivity index (χ3v) is 1.53. The van der Waals surface area contributed by atoms with Gasteiger partial charge in [0.25, 0.3) is 5.85 Å². The van der Waals surface area contributed by atoms with Crippen molar-refractivity contribution in [3.05, 3.63) is 0 Å². The van der Waals surface area contributed by atoms with Crippen molar-refractivity contribution in [2.24, 2.45) is 0 Å². The van der Waals surface area contributed by atoms with Crippen LogP contribution < -0.4 is 0 Å². The number of rotatable bonds is 4. The number of hydrogen-bond donors (Lipinski definition) is 0. The minimum atomic E-state index is -5.36. The lowest BCUT2D eigenvalue weighted by molar-refractivity contribution is -0.391. The van der Waals surface area contributed by atoms with Crippen LogP contribution in [-0.2, 0) is 4.74 Å². The van der Waals surface area contributed by atoms with Crippen LogP contribution in [0.15, 0.2) is 0 Å². The quantitative estimate of drug-likeness (QED) is 0.697. The molecule has 0 amide bonds. The summed E-state index contributed by atoms with van der Waals surface area (Å²) in [6.07, 6.45) is -13.3. The van der Waals surface area contributed by atoms with Gasteiger partial charge in [0.1, 0.15) is 6.42 Å². The molecular formula is C7H8F8O. The zero-order valence-corrected chi connectivity index (χ0v) is 8.14. The summed E-state index contributed by atoms with van der Waals surface area (Å²) in [6.45, 7) is -0.159. The molecule has 1 unspecified atom stereocenters. The van der Waals surface area contributed by atoms with Gasteiger partial charge in [-0.3, -0.25) is 4.74 Å². The zero-order valence-electron chi connectivity index (χ0n) is 8.14. The molecule has 0 N–H and O–H groups in total. The van der Waals surface area contributed by atoms with E-state index in [1.165, 1.54) is 0 Å². The Morgan fingerprint density at radius 1 is 0.812 bits per heavy atom. The maximum absolute atomic E-state index is 12.8. The van der Waals surface area contributed by atoms with Gasteiger partial charge in [-0.1, -0.05) is 0 Å². The van der Waals surface area contributed by atoms with Crippen LogP contribution in [0.25, 0.3) is 0 Å². The van der Waals surface area contributed by atoms with Gasteiger partial charge in [0.2, 0.25) is 0 Å². The largest absolute Gasteiger partial charge is 0.397 e. The molecule has 0 aliphatic heterocycles. The van der Waals surface area contributed by atoms with E-state index >= 15 is 0 Å². The van der Waals surface area contributed by atoms with Gasteiger partial charge in [0, 0.05) is 13.8 Å². The van der Waals surface area contributed by atoms with E-state index in [1.54, 1.807) is 0 Å². The molecule has 0 fully saturated rings. The second kappa shape index (κ2) is 4.01. The first kappa shape index (κ1) is 15.4. The van der Waals surface area contributed by atoms with Gasteiger partial charge < -0.3 is 0 Å². The Morgan fingerprint density at radius 2 is 1.19 bits per heavy atom. The Kier molecular flexibility index (Phi) is 3.86. The summed E-state index contributed by atoms with van der Waals surface area (Å²) in [5, 5.41) is 0. The molecule has 1 atom stereocenters. The van der Waals surface area contributed by atoms with E-state index in [2.05, 4.69) is 4.74 Å². The smallest absolute Gasteiger partial charge is 0.277 e. The van der Waals surface area contributed by atoms with Crippen LogP contribution in [0.2, 0.25) is 0 Å². The molecule has 0 aliphatic carbocycles. The third-order valence-electron chi connectivity index (χ3n) is 1.53. The summed E-state index contributed by atoms with van der Waals surface area (Å²) in [7, 11) is 0. The fraction of sp³-hybridized carbons (Fsp3) is 1.00. The van der Waals surface area contributed by atoms with Crippen molar-refractivity contribution in [1.29, 1.82) is 0 Å². The number of alkyl halides is 8. The Labute approximate surface area is 85.4 Å². The Hall–Kier alpha value is -0.600. The number of halogens is 8. The van der Waals surface area contributed by atoms with Crippen molar-refractivity contribution in [2.75, 3.05) is 0 Å². The van der Waals surface area contributed by atoms with E-state index in [1.807, 2.05) is 0 Å². The van der Waals surface area contributed by atoms with Crippen LogP contribution in [0.1, 0.15) is 20.3 Å². The van der Waals surface area contributed by atoms with Crippen molar-refractivity contribution < 1.29 is 39.9 Å². The highest BCUT2D eigenvalue weighted by Gasteiger charge is 2.56. The molecule has 0 aliphatic rings. The van der Waals surface area contributed by atoms with Crippen LogP contribution in [0.5, 0.6) is 0 Å². The highest BCUT2D eigenvalue weighted by atomic mass is 19.4. The predicted molar refractivity (Wildman–Crippen MR) is 36.8 cm³/mol. The molecule has 0 spiro atoms. The molecule has 1 nitrogen and oxygen atoms in total. The van der Waals surface area contributed by atoms with Crippen LogP contribution >= 0.6 is 0 Å². The molecule has 0 saturated heterocycles. The standard InChI is InChI=1S/C7H8F8O/c1-4(8,9)5(2,10)16-7(14,15)3-6(11,12)13/h3H2,1-2H3. The second-order valence-corrected chi connectivity index (χ2v) is 3.34. The van der Waals surface area contributed by atoms with Gasteiger partial charge in [-0.25, -0.2) is 13.2 Å². The van der Waals surface area contributed by atoms with Crippen LogP contribution in [0.4, 0.5) is 35.1 Å². The van der Waals surface area contributed by atoms with Gasteiger partial charge in [-0.2, -0.15) is 22.0 Å². The first-order chi connectivity index (χ1) is 6.66. The summed E-state index contributed by atoms with van der Waals surface area (Å²) < 4.78 is 100.0. The SMILES string of the molecule is CC(F)(F)C(C)(F)OC(F)(F)CC(F)(F)F. The topological polar surface area (TPSA) is 9.23 Å². The molecule has 0 rings (SSSR count). The van der Waals surface area contributed by atoms with E-state index in [4.69, 9.17) is 0 Å². The first-order valence-corrected chi connectivity index (χ1v) is 3.88. The fourth-order valence-electron chi connectivity index (χ4n) is 0.639. The van der Waals surface area contributed by atoms with E-state index in [0.717, 1.165) is 0 Å². The van der Waals surface area contributed by atoms with E-state index in [-0.39, 0.29) is 13.8 Å². The highest BCUT2D eigenvalue weighted by Crippen LogP contribution is 2.41. The van der Waals surface area contributed by atoms with Crippen molar-refractivity contribution in [2.45, 2.75) is 44.3 Å². The van der Waals surface area contributed by atoms with Gasteiger partial charge in [0.05, 0.1) is 0 Å². The minimum absolute atomic E-state index is 0.0721. The second-order valence-electron chi connectivity index (χ2n) is 3.34. The average molecular weight is 260 g/mol. The normalized spacial score (nSPS) is 18.4. The fourth-order valence-corrected chi connectivity index (χ4v) is 0.639. The van der Waals surface area contributed by atoms with Gasteiger partial charge >= 0.3 is 18.2 Å². The Balaban J connectivity index is 4.72. The van der Waals surface area contributed by atoms with E-state index < -0.39 is 30.5 Å². The summed E-state index contributed by atoms with van der Waals surface area (Å²) in [5.74, 6) is -8.55. The third kappa shape index (κ3) is 4.95. The molecule has 0 bridgehead atoms. The van der Waals surface area contributed by atoms with Crippen molar-refractivity contribution >= 4 is 0 Å². The lowest BCUT2D eigenvalue weighted by Gasteiger charge is -2.31. The van der Waals surface area contributed by atoms with E-state index in [0.29, 0.717) is 0 Å². The van der Waals surface area contributed by atoms with Crippen molar-refractivity contribution in [1.82, 2.24) is 0 Å². The summed E-state index contributed by atoms with van der Waals surface area (Å²) in [4.78, 5) is 0. The summed E-state index contributed by atoms with van der Waals surface area (Å²) in [5.41, 5.74) is 0. The molecule has 9 heteroatoms. The molecule has 0 aromatic carbocycles. The highest BCUT2D eigenvalue weighted by molar-refractivity contribution is 4.79. The molecule has 98 valence electrons. The van der Waals surface area contributed by atoms with Crippen LogP contribution in [0.3, 0.4) is 0 Å². The molecular weight excluding hydrogens is 252 g/mol. The Bertz CT molecular complexity index is 238. The summed E-state index contributed by atoms with van der Waals surface area (Å²) >= 11 is 0. The molecule has 0 aromatic heterocycles. The molecule has 0 radical (unpaired) electrons. The Morgan fingerprint density at radius 3 is 1.44 bits per heavy atom. The molecule has 0 heterocycles. The predicted octanol–water partition coefficient (Wildman–Crippen LogP) is 3.89. The average Bonchev–Trinajstić information content (AvgIpc) is 1.72. The molecule has 16 heavy (non-hydrogen) atoms. The van der Waals surface area contributed by atoms with E-state index in [9.17, 15) is 35.1 Å². The maximum atomic E-state index is 12.8. The monoisotopic (exact) mass is 260 g/mol. The van der Waals surface area contributed by atoms with Gasteiger partial charge in [-0.05, 0) is 0 Å². The molecule has 0 saturated carbocycles.